The predicted octanol–water partition coefficient (Wildman–Crippen LogP) is 2.76. The third-order valence-corrected chi connectivity index (χ3v) is 4.44. The molecular formula is C20H16N4O7. The third-order valence-electron chi connectivity index (χ3n) is 4.44. The van der Waals surface area contributed by atoms with Gasteiger partial charge in [-0.25, -0.2) is 0 Å². The van der Waals surface area contributed by atoms with Gasteiger partial charge < -0.3 is 19.4 Å². The van der Waals surface area contributed by atoms with Crippen LogP contribution in [0.4, 0.5) is 5.69 Å². The molecule has 0 aliphatic heterocycles. The van der Waals surface area contributed by atoms with Gasteiger partial charge in [0.2, 0.25) is 0 Å². The molecule has 3 aromatic rings. The van der Waals surface area contributed by atoms with E-state index in [4.69, 9.17) is 9.47 Å². The number of amides is 2. The topological polar surface area (TPSA) is 145 Å². The lowest BCUT2D eigenvalue weighted by Crippen LogP contribution is -2.35. The number of rotatable bonds is 7. The third kappa shape index (κ3) is 4.29. The van der Waals surface area contributed by atoms with Crippen LogP contribution < -0.4 is 20.3 Å². The molecule has 0 aliphatic rings. The van der Waals surface area contributed by atoms with E-state index in [1.54, 1.807) is 30.3 Å². The lowest BCUT2D eigenvalue weighted by atomic mass is 10.1. The number of nitrogens with one attached hydrogen (secondary N) is 1. The van der Waals surface area contributed by atoms with Crippen molar-refractivity contribution >= 4 is 28.4 Å². The Hall–Kier alpha value is -4.41. The molecule has 2 aromatic carbocycles. The Morgan fingerprint density at radius 3 is 2.45 bits per heavy atom. The summed E-state index contributed by atoms with van der Waals surface area (Å²) < 4.78 is 12.1. The first-order valence-corrected chi connectivity index (χ1v) is 8.86. The average molecular weight is 424 g/mol. The van der Waals surface area contributed by atoms with Crippen LogP contribution in [-0.4, -0.2) is 30.0 Å². The number of pyridine rings is 1. The first-order valence-electron chi connectivity index (χ1n) is 8.86. The first-order chi connectivity index (χ1) is 14.9. The Labute approximate surface area is 174 Å². The van der Waals surface area contributed by atoms with Crippen molar-refractivity contribution in [3.63, 3.8) is 0 Å². The van der Waals surface area contributed by atoms with Crippen molar-refractivity contribution < 1.29 is 19.1 Å². The summed E-state index contributed by atoms with van der Waals surface area (Å²) in [7, 11) is 2.93. The van der Waals surface area contributed by atoms with Gasteiger partial charge in [0.05, 0.1) is 12.6 Å². The fourth-order valence-corrected chi connectivity index (χ4v) is 2.94. The maximum absolute atomic E-state index is 12.7. The van der Waals surface area contributed by atoms with Gasteiger partial charge in [-0.3, -0.25) is 14.4 Å². The number of carbonyl (C=O) groups excluding carboxylic acids is 2. The van der Waals surface area contributed by atoms with Crippen LogP contribution in [0.1, 0.15) is 10.4 Å². The van der Waals surface area contributed by atoms with E-state index in [2.05, 4.69) is 15.7 Å². The fraction of sp³-hybridized carbons (Fsp3) is 0.150. The van der Waals surface area contributed by atoms with E-state index in [1.165, 1.54) is 26.3 Å². The Balaban J connectivity index is 2.05. The number of methoxy groups -OCH3 is 1. The fourth-order valence-electron chi connectivity index (χ4n) is 2.94. The molecule has 1 aromatic heterocycles. The minimum atomic E-state index is -1.13. The smallest absolute Gasteiger partial charge is 0.305 e. The van der Waals surface area contributed by atoms with E-state index in [0.717, 1.165) is 4.57 Å². The van der Waals surface area contributed by atoms with Crippen LogP contribution in [0.2, 0.25) is 0 Å². The van der Waals surface area contributed by atoms with E-state index in [0.29, 0.717) is 22.8 Å². The maximum Gasteiger partial charge on any atom is 0.305 e. The molecule has 2 amide bonds. The highest BCUT2D eigenvalue weighted by atomic mass is 16.5. The van der Waals surface area contributed by atoms with E-state index in [-0.39, 0.29) is 5.39 Å². The van der Waals surface area contributed by atoms with E-state index >= 15 is 0 Å². The molecule has 0 bridgehead atoms. The second-order valence-electron chi connectivity index (χ2n) is 6.31. The molecule has 1 heterocycles. The number of nitroso groups, excluding NO2 is 2. The van der Waals surface area contributed by atoms with Crippen LogP contribution in [0, 0.1) is 9.81 Å². The SMILES string of the molecule is COc1cccc(Oc2ccc3c(N=O)c(C(=O)NCC(=O)N=O)c(=O)n(C)c3c2)c1. The normalized spacial score (nSPS) is 10.4. The summed E-state index contributed by atoms with van der Waals surface area (Å²) in [5.41, 5.74) is -1.47. The first kappa shape index (κ1) is 21.3. The number of fused-ring (bicyclic) bond motifs is 1. The van der Waals surface area contributed by atoms with Crippen molar-refractivity contribution in [1.29, 1.82) is 0 Å². The molecule has 31 heavy (non-hydrogen) atoms. The molecule has 11 nitrogen and oxygen atoms in total. The molecule has 0 radical (unpaired) electrons. The van der Waals surface area contributed by atoms with Gasteiger partial charge in [-0.2, -0.15) is 0 Å². The van der Waals surface area contributed by atoms with Gasteiger partial charge in [-0.15, -0.1) is 9.81 Å². The van der Waals surface area contributed by atoms with Crippen molar-refractivity contribution in [2.45, 2.75) is 0 Å². The van der Waals surface area contributed by atoms with Crippen LogP contribution in [-0.2, 0) is 11.8 Å². The predicted molar refractivity (Wildman–Crippen MR) is 111 cm³/mol. The summed E-state index contributed by atoms with van der Waals surface area (Å²) in [4.78, 5) is 57.8. The molecule has 0 atom stereocenters. The zero-order chi connectivity index (χ0) is 22.5. The Morgan fingerprint density at radius 2 is 1.77 bits per heavy atom. The van der Waals surface area contributed by atoms with Crippen LogP contribution in [0.25, 0.3) is 10.9 Å². The van der Waals surface area contributed by atoms with Crippen molar-refractivity contribution in [2.75, 3.05) is 13.7 Å². The minimum absolute atomic E-state index is 0.222. The highest BCUT2D eigenvalue weighted by Crippen LogP contribution is 2.32. The number of benzene rings is 2. The molecule has 0 saturated heterocycles. The Morgan fingerprint density at radius 1 is 1.06 bits per heavy atom. The van der Waals surface area contributed by atoms with E-state index in [9.17, 15) is 24.2 Å². The Kier molecular flexibility index (Phi) is 6.15. The molecule has 0 unspecified atom stereocenters. The van der Waals surface area contributed by atoms with E-state index < -0.39 is 35.2 Å². The summed E-state index contributed by atoms with van der Waals surface area (Å²) in [6.45, 7) is -0.713. The summed E-state index contributed by atoms with van der Waals surface area (Å²) >= 11 is 0. The average Bonchev–Trinajstić information content (AvgIpc) is 2.79. The van der Waals surface area contributed by atoms with Gasteiger partial charge in [0.15, 0.2) is 0 Å². The van der Waals surface area contributed by atoms with Crippen molar-refractivity contribution in [3.8, 4) is 17.2 Å². The zero-order valence-corrected chi connectivity index (χ0v) is 16.4. The van der Waals surface area contributed by atoms with Gasteiger partial charge in [0.25, 0.3) is 11.5 Å². The standard InChI is InChI=1S/C20H16N4O7/c1-24-15-9-13(31-12-5-3-4-11(8-12)30-2)6-7-14(15)18(23-29)17(20(24)27)19(26)21-10-16(25)22-28/h3-9H,10H2,1-2H3,(H,21,26). The monoisotopic (exact) mass is 424 g/mol. The van der Waals surface area contributed by atoms with Gasteiger partial charge in [-0.1, -0.05) is 6.07 Å². The number of aryl methyl sites for hydroxylation is 1. The highest BCUT2D eigenvalue weighted by Gasteiger charge is 2.23. The quantitative estimate of drug-likeness (QED) is 0.574. The van der Waals surface area contributed by atoms with Crippen molar-refractivity contribution in [3.05, 3.63) is 68.2 Å². The number of nitrogens with zero attached hydrogens (tertiary/aromatic N) is 3. The van der Waals surface area contributed by atoms with Crippen LogP contribution >= 0.6 is 0 Å². The highest BCUT2D eigenvalue weighted by molar-refractivity contribution is 6.07. The number of ether oxygens (including phenoxy) is 2. The lowest BCUT2D eigenvalue weighted by molar-refractivity contribution is -0.117. The maximum atomic E-state index is 12.7. The number of hydrogen-bond acceptors (Lipinski definition) is 8. The molecule has 0 spiro atoms. The number of aromatic nitrogens is 1. The van der Waals surface area contributed by atoms with Crippen LogP contribution in [0.15, 0.2) is 57.6 Å². The largest absolute Gasteiger partial charge is 0.497 e. The molecule has 158 valence electrons. The molecular weight excluding hydrogens is 408 g/mol. The minimum Gasteiger partial charge on any atom is -0.497 e. The van der Waals surface area contributed by atoms with Gasteiger partial charge in [0.1, 0.15) is 35.0 Å². The lowest BCUT2D eigenvalue weighted by Gasteiger charge is -2.13. The molecule has 1 N–H and O–H groups in total. The summed E-state index contributed by atoms with van der Waals surface area (Å²) in [6.07, 6.45) is 0. The van der Waals surface area contributed by atoms with Gasteiger partial charge >= 0.3 is 5.91 Å². The molecule has 3 rings (SSSR count). The summed E-state index contributed by atoms with van der Waals surface area (Å²) in [5, 5.41) is 7.30. The second-order valence-corrected chi connectivity index (χ2v) is 6.31. The molecule has 0 fully saturated rings. The van der Waals surface area contributed by atoms with Gasteiger partial charge in [-0.05, 0) is 29.4 Å². The number of carbonyl (C=O) groups is 2. The molecule has 0 aliphatic carbocycles. The zero-order valence-electron chi connectivity index (χ0n) is 16.4. The Bertz CT molecular complexity index is 1270. The molecule has 11 heteroatoms. The van der Waals surface area contributed by atoms with Crippen LogP contribution in [0.3, 0.4) is 0 Å². The number of hydrogen-bond donors (Lipinski definition) is 1. The van der Waals surface area contributed by atoms with Crippen LogP contribution in [0.5, 0.6) is 17.2 Å². The summed E-state index contributed by atoms with van der Waals surface area (Å²) in [5.74, 6) is -0.705. The second kappa shape index (κ2) is 8.95. The van der Waals surface area contributed by atoms with E-state index in [1.807, 2.05) is 0 Å². The summed E-state index contributed by atoms with van der Waals surface area (Å²) in [6, 6.07) is 11.4. The molecule has 0 saturated carbocycles. The van der Waals surface area contributed by atoms with Gasteiger partial charge in [0, 0.05) is 29.7 Å². The van der Waals surface area contributed by atoms with Crippen molar-refractivity contribution in [2.24, 2.45) is 17.4 Å². The van der Waals surface area contributed by atoms with Crippen molar-refractivity contribution in [1.82, 2.24) is 9.88 Å².